The van der Waals surface area contributed by atoms with Gasteiger partial charge < -0.3 is 9.26 Å². The third-order valence-electron chi connectivity index (χ3n) is 3.00. The van der Waals surface area contributed by atoms with Crippen LogP contribution in [0, 0.1) is 0 Å². The minimum absolute atomic E-state index is 0.0703. The molecular weight excluding hydrogens is 292 g/mol. The van der Waals surface area contributed by atoms with Crippen molar-refractivity contribution in [1.29, 1.82) is 0 Å². The van der Waals surface area contributed by atoms with E-state index in [1.54, 1.807) is 20.1 Å². The Bertz CT molecular complexity index is 695. The third-order valence-corrected chi connectivity index (χ3v) is 4.40. The number of hydrogen-bond donors (Lipinski definition) is 1. The second kappa shape index (κ2) is 6.73. The van der Waals surface area contributed by atoms with E-state index < -0.39 is 10.0 Å². The molecule has 1 aromatic heterocycles. The third kappa shape index (κ3) is 4.30. The van der Waals surface area contributed by atoms with Gasteiger partial charge in [0.05, 0.1) is 18.6 Å². The van der Waals surface area contributed by atoms with Gasteiger partial charge in [0.25, 0.3) is 0 Å². The van der Waals surface area contributed by atoms with Crippen molar-refractivity contribution in [3.8, 4) is 17.1 Å². The zero-order valence-corrected chi connectivity index (χ0v) is 12.8. The van der Waals surface area contributed by atoms with Gasteiger partial charge >= 0.3 is 0 Å². The normalized spacial score (nSPS) is 11.5. The Morgan fingerprint density at radius 3 is 2.86 bits per heavy atom. The van der Waals surface area contributed by atoms with E-state index in [0.29, 0.717) is 24.4 Å². The van der Waals surface area contributed by atoms with Crippen LogP contribution in [0.2, 0.25) is 0 Å². The smallest absolute Gasteiger partial charge is 0.211 e. The minimum Gasteiger partial charge on any atom is -0.497 e. The van der Waals surface area contributed by atoms with Crippen LogP contribution in [0.1, 0.15) is 12.6 Å². The summed E-state index contributed by atoms with van der Waals surface area (Å²) in [7, 11) is -1.57. The van der Waals surface area contributed by atoms with Gasteiger partial charge in [-0.3, -0.25) is 0 Å². The summed E-state index contributed by atoms with van der Waals surface area (Å²) in [4.78, 5) is 0. The van der Waals surface area contributed by atoms with Crippen LogP contribution in [0.25, 0.3) is 11.3 Å². The van der Waals surface area contributed by atoms with Crippen molar-refractivity contribution in [2.45, 2.75) is 13.3 Å². The number of nitrogens with one attached hydrogen (secondary N) is 1. The maximum absolute atomic E-state index is 11.3. The first kappa shape index (κ1) is 15.5. The SMILES string of the molecule is CCS(=O)(=O)NCCc1cc(-c2cccc(OC)c2)on1. The molecule has 0 bridgehead atoms. The molecule has 0 radical (unpaired) electrons. The highest BCUT2D eigenvalue weighted by molar-refractivity contribution is 7.89. The number of nitrogens with zero attached hydrogens (tertiary/aromatic N) is 1. The largest absolute Gasteiger partial charge is 0.497 e. The average Bonchev–Trinajstić information content (AvgIpc) is 2.96. The second-order valence-corrected chi connectivity index (χ2v) is 6.56. The highest BCUT2D eigenvalue weighted by Crippen LogP contribution is 2.24. The van der Waals surface area contributed by atoms with Crippen LogP contribution in [0.5, 0.6) is 5.75 Å². The Morgan fingerprint density at radius 2 is 2.14 bits per heavy atom. The van der Waals surface area contributed by atoms with Gasteiger partial charge in [0, 0.05) is 24.6 Å². The van der Waals surface area contributed by atoms with Gasteiger partial charge in [-0.05, 0) is 19.1 Å². The zero-order valence-electron chi connectivity index (χ0n) is 12.0. The molecule has 2 rings (SSSR count). The summed E-state index contributed by atoms with van der Waals surface area (Å²) in [6.07, 6.45) is 0.479. The predicted octanol–water partition coefficient (Wildman–Crippen LogP) is 1.83. The van der Waals surface area contributed by atoms with E-state index in [-0.39, 0.29) is 5.75 Å². The van der Waals surface area contributed by atoms with Crippen LogP contribution in [-0.2, 0) is 16.4 Å². The Morgan fingerprint density at radius 1 is 1.33 bits per heavy atom. The molecule has 1 heterocycles. The molecule has 0 unspecified atom stereocenters. The van der Waals surface area contributed by atoms with Crippen LogP contribution in [0.3, 0.4) is 0 Å². The van der Waals surface area contributed by atoms with Gasteiger partial charge in [-0.25, -0.2) is 13.1 Å². The van der Waals surface area contributed by atoms with Crippen molar-refractivity contribution in [2.75, 3.05) is 19.4 Å². The number of methoxy groups -OCH3 is 1. The van der Waals surface area contributed by atoms with Gasteiger partial charge in [-0.15, -0.1) is 0 Å². The van der Waals surface area contributed by atoms with E-state index in [1.807, 2.05) is 24.3 Å². The standard InChI is InChI=1S/C14H18N2O4S/c1-3-21(17,18)15-8-7-12-10-14(20-16-12)11-5-4-6-13(9-11)19-2/h4-6,9-10,15H,3,7-8H2,1-2H3. The molecule has 0 saturated carbocycles. The predicted molar refractivity (Wildman–Crippen MR) is 79.7 cm³/mol. The Kier molecular flexibility index (Phi) is 4.98. The molecular formula is C14H18N2O4S. The molecule has 7 heteroatoms. The molecule has 0 fully saturated rings. The summed E-state index contributed by atoms with van der Waals surface area (Å²) < 4.78 is 35.6. The molecule has 114 valence electrons. The summed E-state index contributed by atoms with van der Waals surface area (Å²) in [6, 6.07) is 9.26. The zero-order chi connectivity index (χ0) is 15.3. The number of aromatic nitrogens is 1. The monoisotopic (exact) mass is 310 g/mol. The first-order valence-corrected chi connectivity index (χ1v) is 8.26. The average molecular weight is 310 g/mol. The van der Waals surface area contributed by atoms with Gasteiger partial charge in [0.1, 0.15) is 5.75 Å². The number of hydrogen-bond acceptors (Lipinski definition) is 5. The molecule has 1 N–H and O–H groups in total. The molecule has 0 atom stereocenters. The number of benzene rings is 1. The van der Waals surface area contributed by atoms with E-state index in [1.165, 1.54) is 0 Å². The first-order valence-electron chi connectivity index (χ1n) is 6.61. The maximum atomic E-state index is 11.3. The van der Waals surface area contributed by atoms with Crippen LogP contribution >= 0.6 is 0 Å². The lowest BCUT2D eigenvalue weighted by Crippen LogP contribution is -2.27. The fourth-order valence-corrected chi connectivity index (χ4v) is 2.40. The topological polar surface area (TPSA) is 81.4 Å². The van der Waals surface area contributed by atoms with Gasteiger partial charge in [-0.2, -0.15) is 0 Å². The fraction of sp³-hybridized carbons (Fsp3) is 0.357. The van der Waals surface area contributed by atoms with Crippen molar-refractivity contribution < 1.29 is 17.7 Å². The fourth-order valence-electron chi connectivity index (χ4n) is 1.78. The lowest BCUT2D eigenvalue weighted by atomic mass is 10.1. The summed E-state index contributed by atoms with van der Waals surface area (Å²) in [5, 5.41) is 3.94. The number of sulfonamides is 1. The molecule has 21 heavy (non-hydrogen) atoms. The van der Waals surface area contributed by atoms with Crippen molar-refractivity contribution in [1.82, 2.24) is 9.88 Å². The Labute approximate surface area is 124 Å². The lowest BCUT2D eigenvalue weighted by molar-refractivity contribution is 0.412. The molecule has 0 saturated heterocycles. The van der Waals surface area contributed by atoms with Gasteiger partial charge in [-0.1, -0.05) is 17.3 Å². The van der Waals surface area contributed by atoms with E-state index in [0.717, 1.165) is 11.3 Å². The molecule has 0 aliphatic carbocycles. The van der Waals surface area contributed by atoms with Crippen molar-refractivity contribution in [3.63, 3.8) is 0 Å². The summed E-state index contributed by atoms with van der Waals surface area (Å²) in [6.45, 7) is 1.90. The molecule has 0 aliphatic heterocycles. The first-order chi connectivity index (χ1) is 10.0. The number of ether oxygens (including phenoxy) is 1. The Balaban J connectivity index is 2.01. The van der Waals surface area contributed by atoms with Crippen LogP contribution in [0.4, 0.5) is 0 Å². The summed E-state index contributed by atoms with van der Waals surface area (Å²) in [5.41, 5.74) is 1.56. The van der Waals surface area contributed by atoms with Crippen LogP contribution in [0.15, 0.2) is 34.9 Å². The summed E-state index contributed by atoms with van der Waals surface area (Å²) in [5.74, 6) is 1.43. The van der Waals surface area contributed by atoms with Gasteiger partial charge in [0.15, 0.2) is 5.76 Å². The quantitative estimate of drug-likeness (QED) is 0.844. The molecule has 6 nitrogen and oxygen atoms in total. The molecule has 0 aliphatic rings. The molecule has 0 amide bonds. The maximum Gasteiger partial charge on any atom is 0.211 e. The summed E-state index contributed by atoms with van der Waals surface area (Å²) >= 11 is 0. The van der Waals surface area contributed by atoms with Crippen molar-refractivity contribution in [3.05, 3.63) is 36.0 Å². The molecule has 2 aromatic rings. The lowest BCUT2D eigenvalue weighted by Gasteiger charge is -2.01. The highest BCUT2D eigenvalue weighted by atomic mass is 32.2. The minimum atomic E-state index is -3.17. The van der Waals surface area contributed by atoms with Crippen molar-refractivity contribution in [2.24, 2.45) is 0 Å². The highest BCUT2D eigenvalue weighted by Gasteiger charge is 2.09. The van der Waals surface area contributed by atoms with E-state index in [4.69, 9.17) is 9.26 Å². The van der Waals surface area contributed by atoms with E-state index >= 15 is 0 Å². The number of rotatable bonds is 7. The molecule has 1 aromatic carbocycles. The van der Waals surface area contributed by atoms with E-state index in [9.17, 15) is 8.42 Å². The second-order valence-electron chi connectivity index (χ2n) is 4.46. The Hall–Kier alpha value is -1.86. The van der Waals surface area contributed by atoms with Crippen LogP contribution in [-0.4, -0.2) is 33.0 Å². The van der Waals surface area contributed by atoms with Crippen molar-refractivity contribution >= 4 is 10.0 Å². The molecule has 0 spiro atoms. The van der Waals surface area contributed by atoms with Crippen LogP contribution < -0.4 is 9.46 Å². The van der Waals surface area contributed by atoms with Gasteiger partial charge in [0.2, 0.25) is 10.0 Å². The van der Waals surface area contributed by atoms with E-state index in [2.05, 4.69) is 9.88 Å².